The Morgan fingerprint density at radius 2 is 2.25 bits per heavy atom. The number of hydrogen-bond donors (Lipinski definition) is 2. The Balaban J connectivity index is 2.03. The predicted molar refractivity (Wildman–Crippen MR) is 56.3 cm³/mol. The third-order valence-corrected chi connectivity index (χ3v) is 1.88. The van der Waals surface area contributed by atoms with Gasteiger partial charge in [-0.05, 0) is 20.8 Å². The predicted octanol–water partition coefficient (Wildman–Crippen LogP) is 0.743. The third kappa shape index (κ3) is 2.63. The quantitative estimate of drug-likeness (QED) is 0.795. The van der Waals surface area contributed by atoms with Crippen LogP contribution >= 0.6 is 0 Å². The fourth-order valence-corrected chi connectivity index (χ4v) is 1.08. The molecule has 2 aromatic heterocycles. The Kier molecular flexibility index (Phi) is 2.69. The molecule has 2 N–H and O–H groups in total. The van der Waals surface area contributed by atoms with Crippen LogP contribution in [-0.2, 0) is 6.54 Å². The van der Waals surface area contributed by atoms with Crippen molar-refractivity contribution in [3.8, 4) is 11.5 Å². The standard InChI is InChI=1S/C9H14N6O/c1-9(2,3)10-5-7-12-8(14-16-7)6-4-11-15-13-6/h4,10H,5H2,1-3H3,(H,11,13,15). The maximum absolute atomic E-state index is 5.08. The van der Waals surface area contributed by atoms with E-state index in [0.29, 0.717) is 24.0 Å². The summed E-state index contributed by atoms with van der Waals surface area (Å²) in [6.07, 6.45) is 1.55. The van der Waals surface area contributed by atoms with E-state index in [-0.39, 0.29) is 5.54 Å². The molecular formula is C9H14N6O. The van der Waals surface area contributed by atoms with Crippen LogP contribution in [0.2, 0.25) is 0 Å². The molecule has 0 amide bonds. The molecule has 0 spiro atoms. The molecule has 0 unspecified atom stereocenters. The second-order valence-corrected chi connectivity index (χ2v) is 4.47. The highest BCUT2D eigenvalue weighted by Gasteiger charge is 2.14. The third-order valence-electron chi connectivity index (χ3n) is 1.88. The van der Waals surface area contributed by atoms with Crippen LogP contribution in [0, 0.1) is 0 Å². The Labute approximate surface area is 92.6 Å². The summed E-state index contributed by atoms with van der Waals surface area (Å²) in [5.41, 5.74) is 0.591. The van der Waals surface area contributed by atoms with Crippen LogP contribution in [0.25, 0.3) is 11.5 Å². The number of nitrogens with zero attached hydrogens (tertiary/aromatic N) is 4. The molecule has 86 valence electrons. The van der Waals surface area contributed by atoms with E-state index < -0.39 is 0 Å². The normalized spacial score (nSPS) is 11.9. The average molecular weight is 222 g/mol. The molecule has 2 aromatic rings. The van der Waals surface area contributed by atoms with E-state index in [4.69, 9.17) is 4.52 Å². The topological polar surface area (TPSA) is 92.5 Å². The number of aromatic nitrogens is 5. The summed E-state index contributed by atoms with van der Waals surface area (Å²) in [4.78, 5) is 4.19. The van der Waals surface area contributed by atoms with Crippen LogP contribution < -0.4 is 5.32 Å². The highest BCUT2D eigenvalue weighted by Crippen LogP contribution is 2.10. The number of aromatic amines is 1. The van der Waals surface area contributed by atoms with Crippen LogP contribution in [0.15, 0.2) is 10.7 Å². The lowest BCUT2D eigenvalue weighted by molar-refractivity contribution is 0.336. The van der Waals surface area contributed by atoms with Gasteiger partial charge in [0.25, 0.3) is 0 Å². The van der Waals surface area contributed by atoms with Crippen molar-refractivity contribution in [1.82, 2.24) is 30.9 Å². The molecule has 0 saturated heterocycles. The van der Waals surface area contributed by atoms with E-state index in [9.17, 15) is 0 Å². The number of hydrogen-bond acceptors (Lipinski definition) is 6. The van der Waals surface area contributed by atoms with Gasteiger partial charge in [-0.25, -0.2) is 0 Å². The molecule has 2 heterocycles. The van der Waals surface area contributed by atoms with Gasteiger partial charge in [0.2, 0.25) is 11.7 Å². The van der Waals surface area contributed by atoms with Gasteiger partial charge in [-0.1, -0.05) is 5.16 Å². The summed E-state index contributed by atoms with van der Waals surface area (Å²) in [5.74, 6) is 0.979. The van der Waals surface area contributed by atoms with Gasteiger partial charge in [0.15, 0.2) is 5.69 Å². The number of rotatable bonds is 3. The summed E-state index contributed by atoms with van der Waals surface area (Å²) in [6.45, 7) is 6.75. The molecule has 0 aliphatic carbocycles. The highest BCUT2D eigenvalue weighted by molar-refractivity contribution is 5.44. The number of H-pyrrole nitrogens is 1. The molecule has 0 aliphatic rings. The Hall–Kier alpha value is -1.76. The zero-order valence-electron chi connectivity index (χ0n) is 9.48. The van der Waals surface area contributed by atoms with Crippen molar-refractivity contribution >= 4 is 0 Å². The van der Waals surface area contributed by atoms with Crippen molar-refractivity contribution in [2.75, 3.05) is 0 Å². The fourth-order valence-electron chi connectivity index (χ4n) is 1.08. The van der Waals surface area contributed by atoms with Gasteiger partial charge in [0.1, 0.15) is 0 Å². The molecule has 16 heavy (non-hydrogen) atoms. The highest BCUT2D eigenvalue weighted by atomic mass is 16.5. The summed E-state index contributed by atoms with van der Waals surface area (Å²) in [5, 5.41) is 17.1. The van der Waals surface area contributed by atoms with Crippen molar-refractivity contribution in [1.29, 1.82) is 0 Å². The zero-order chi connectivity index (χ0) is 11.6. The maximum atomic E-state index is 5.08. The first kappa shape index (κ1) is 10.7. The van der Waals surface area contributed by atoms with Crippen molar-refractivity contribution in [2.24, 2.45) is 0 Å². The van der Waals surface area contributed by atoms with Crippen LogP contribution in [0.5, 0.6) is 0 Å². The molecule has 7 nitrogen and oxygen atoms in total. The fraction of sp³-hybridized carbons (Fsp3) is 0.556. The maximum Gasteiger partial charge on any atom is 0.240 e. The van der Waals surface area contributed by atoms with Crippen molar-refractivity contribution < 1.29 is 4.52 Å². The lowest BCUT2D eigenvalue weighted by Gasteiger charge is -2.18. The van der Waals surface area contributed by atoms with Gasteiger partial charge in [-0.3, -0.25) is 0 Å². The smallest absolute Gasteiger partial charge is 0.240 e. The molecule has 0 radical (unpaired) electrons. The van der Waals surface area contributed by atoms with Gasteiger partial charge >= 0.3 is 0 Å². The van der Waals surface area contributed by atoms with E-state index in [2.05, 4.69) is 51.6 Å². The molecule has 0 fully saturated rings. The largest absolute Gasteiger partial charge is 0.337 e. The molecule has 7 heteroatoms. The minimum absolute atomic E-state index is 0.0164. The lowest BCUT2D eigenvalue weighted by Crippen LogP contribution is -2.35. The van der Waals surface area contributed by atoms with Gasteiger partial charge in [0, 0.05) is 5.54 Å². The first-order chi connectivity index (χ1) is 7.54. The molecule has 0 atom stereocenters. The Morgan fingerprint density at radius 3 is 2.88 bits per heavy atom. The first-order valence-corrected chi connectivity index (χ1v) is 4.98. The second-order valence-electron chi connectivity index (χ2n) is 4.47. The van der Waals surface area contributed by atoms with E-state index in [0.717, 1.165) is 0 Å². The molecule has 0 aliphatic heterocycles. The minimum atomic E-state index is 0.0164. The number of nitrogens with one attached hydrogen (secondary N) is 2. The van der Waals surface area contributed by atoms with Crippen molar-refractivity contribution in [2.45, 2.75) is 32.9 Å². The van der Waals surface area contributed by atoms with Crippen molar-refractivity contribution in [3.05, 3.63) is 12.1 Å². The van der Waals surface area contributed by atoms with E-state index in [1.807, 2.05) is 0 Å². The Morgan fingerprint density at radius 1 is 1.44 bits per heavy atom. The van der Waals surface area contributed by atoms with E-state index >= 15 is 0 Å². The molecule has 0 bridgehead atoms. The van der Waals surface area contributed by atoms with Crippen LogP contribution in [0.1, 0.15) is 26.7 Å². The summed E-state index contributed by atoms with van der Waals surface area (Å²) in [6, 6.07) is 0. The Bertz CT molecular complexity index is 441. The van der Waals surface area contributed by atoms with E-state index in [1.54, 1.807) is 6.20 Å². The van der Waals surface area contributed by atoms with Crippen LogP contribution in [-0.4, -0.2) is 31.1 Å². The minimum Gasteiger partial charge on any atom is -0.337 e. The van der Waals surface area contributed by atoms with Crippen molar-refractivity contribution in [3.63, 3.8) is 0 Å². The average Bonchev–Trinajstić information content (AvgIpc) is 2.84. The van der Waals surface area contributed by atoms with Gasteiger partial charge < -0.3 is 9.84 Å². The summed E-state index contributed by atoms with van der Waals surface area (Å²) in [7, 11) is 0. The summed E-state index contributed by atoms with van der Waals surface area (Å²) >= 11 is 0. The monoisotopic (exact) mass is 222 g/mol. The second kappa shape index (κ2) is 4.01. The van der Waals surface area contributed by atoms with Gasteiger partial charge in [-0.2, -0.15) is 20.4 Å². The zero-order valence-corrected chi connectivity index (χ0v) is 9.48. The molecule has 0 saturated carbocycles. The van der Waals surface area contributed by atoms with Gasteiger partial charge in [-0.15, -0.1) is 0 Å². The van der Waals surface area contributed by atoms with Crippen LogP contribution in [0.3, 0.4) is 0 Å². The molecule has 0 aromatic carbocycles. The van der Waals surface area contributed by atoms with Gasteiger partial charge in [0.05, 0.1) is 12.7 Å². The molecule has 2 rings (SSSR count). The van der Waals surface area contributed by atoms with Crippen LogP contribution in [0.4, 0.5) is 0 Å². The summed E-state index contributed by atoms with van der Waals surface area (Å²) < 4.78 is 5.08. The van der Waals surface area contributed by atoms with E-state index in [1.165, 1.54) is 0 Å². The lowest BCUT2D eigenvalue weighted by atomic mass is 10.1. The first-order valence-electron chi connectivity index (χ1n) is 4.98. The SMILES string of the molecule is CC(C)(C)NCc1nc(-c2cn[nH]n2)no1. The molecular weight excluding hydrogens is 208 g/mol.